The Morgan fingerprint density at radius 3 is 2.60 bits per heavy atom. The lowest BCUT2D eigenvalue weighted by molar-refractivity contribution is 0.415. The topological polar surface area (TPSA) is 59.1 Å². The van der Waals surface area contributed by atoms with Gasteiger partial charge in [-0.15, -0.1) is 0 Å². The summed E-state index contributed by atoms with van der Waals surface area (Å²) in [6.45, 7) is 2.09. The standard InChI is InChI=1S/C19H19ClN4O/c1-13(14-6-4-3-5-7-14)22-18-10-11-21-19(24-18)23-15-8-9-17(25-2)16(20)12-15/h3-13H,1-2H3,(H2,21,22,23,24). The van der Waals surface area contributed by atoms with Crippen LogP contribution in [0, 0.1) is 0 Å². The van der Waals surface area contributed by atoms with Gasteiger partial charge in [0.1, 0.15) is 11.6 Å². The number of ether oxygens (including phenoxy) is 1. The molecule has 0 aliphatic rings. The van der Waals surface area contributed by atoms with Crippen molar-refractivity contribution in [3.63, 3.8) is 0 Å². The van der Waals surface area contributed by atoms with Gasteiger partial charge in [0.05, 0.1) is 12.1 Å². The molecule has 0 radical (unpaired) electrons. The van der Waals surface area contributed by atoms with Crippen LogP contribution in [0.25, 0.3) is 0 Å². The van der Waals surface area contributed by atoms with Gasteiger partial charge in [-0.2, -0.15) is 4.98 Å². The lowest BCUT2D eigenvalue weighted by Gasteiger charge is -2.15. The van der Waals surface area contributed by atoms with Gasteiger partial charge in [-0.1, -0.05) is 41.9 Å². The fourth-order valence-electron chi connectivity index (χ4n) is 2.42. The molecule has 128 valence electrons. The SMILES string of the molecule is COc1ccc(Nc2nccc(NC(C)c3ccccc3)n2)cc1Cl. The van der Waals surface area contributed by atoms with Crippen molar-refractivity contribution in [2.24, 2.45) is 0 Å². The van der Waals surface area contributed by atoms with Crippen molar-refractivity contribution >= 4 is 29.1 Å². The first-order chi connectivity index (χ1) is 12.2. The summed E-state index contributed by atoms with van der Waals surface area (Å²) in [5.41, 5.74) is 1.98. The van der Waals surface area contributed by atoms with Crippen molar-refractivity contribution in [2.45, 2.75) is 13.0 Å². The van der Waals surface area contributed by atoms with E-state index >= 15 is 0 Å². The summed E-state index contributed by atoms with van der Waals surface area (Å²) in [6.07, 6.45) is 1.71. The first-order valence-corrected chi connectivity index (χ1v) is 8.28. The Kier molecular flexibility index (Phi) is 5.36. The summed E-state index contributed by atoms with van der Waals surface area (Å²) in [7, 11) is 1.58. The van der Waals surface area contributed by atoms with Crippen LogP contribution in [0.15, 0.2) is 60.8 Å². The molecule has 25 heavy (non-hydrogen) atoms. The number of anilines is 3. The van der Waals surface area contributed by atoms with Gasteiger partial charge in [-0.3, -0.25) is 0 Å². The van der Waals surface area contributed by atoms with Gasteiger partial charge in [0.15, 0.2) is 0 Å². The molecule has 0 fully saturated rings. The largest absolute Gasteiger partial charge is 0.495 e. The summed E-state index contributed by atoms with van der Waals surface area (Å²) in [6, 6.07) is 17.6. The molecule has 0 aliphatic heterocycles. The molecule has 5 nitrogen and oxygen atoms in total. The number of halogens is 1. The molecule has 0 saturated carbocycles. The zero-order valence-electron chi connectivity index (χ0n) is 14.0. The van der Waals surface area contributed by atoms with E-state index in [4.69, 9.17) is 16.3 Å². The van der Waals surface area contributed by atoms with E-state index in [1.54, 1.807) is 25.4 Å². The minimum atomic E-state index is 0.138. The fraction of sp³-hybridized carbons (Fsp3) is 0.158. The molecule has 0 aliphatic carbocycles. The number of nitrogens with one attached hydrogen (secondary N) is 2. The Balaban J connectivity index is 1.72. The second-order valence-corrected chi connectivity index (χ2v) is 5.92. The maximum absolute atomic E-state index is 6.15. The first kappa shape index (κ1) is 17.0. The van der Waals surface area contributed by atoms with E-state index < -0.39 is 0 Å². The van der Waals surface area contributed by atoms with Crippen molar-refractivity contribution in [2.75, 3.05) is 17.7 Å². The average Bonchev–Trinajstić information content (AvgIpc) is 2.63. The molecular weight excluding hydrogens is 336 g/mol. The maximum atomic E-state index is 6.15. The Morgan fingerprint density at radius 2 is 1.88 bits per heavy atom. The third kappa shape index (κ3) is 4.39. The number of benzene rings is 2. The van der Waals surface area contributed by atoms with Gasteiger partial charge in [0.25, 0.3) is 0 Å². The average molecular weight is 355 g/mol. The molecule has 0 amide bonds. The third-order valence-electron chi connectivity index (χ3n) is 3.73. The molecule has 1 unspecified atom stereocenters. The zero-order valence-corrected chi connectivity index (χ0v) is 14.8. The van der Waals surface area contributed by atoms with Crippen LogP contribution in [0.4, 0.5) is 17.5 Å². The summed E-state index contributed by atoms with van der Waals surface area (Å²) < 4.78 is 5.15. The predicted molar refractivity (Wildman–Crippen MR) is 102 cm³/mol. The minimum absolute atomic E-state index is 0.138. The molecule has 2 N–H and O–H groups in total. The summed E-state index contributed by atoms with van der Waals surface area (Å²) in [5.74, 6) is 1.86. The molecule has 1 aromatic heterocycles. The predicted octanol–water partition coefficient (Wildman–Crippen LogP) is 5.06. The minimum Gasteiger partial charge on any atom is -0.495 e. The van der Waals surface area contributed by atoms with Crippen molar-refractivity contribution in [3.05, 3.63) is 71.4 Å². The highest BCUT2D eigenvalue weighted by molar-refractivity contribution is 6.32. The number of hydrogen-bond donors (Lipinski definition) is 2. The molecule has 3 rings (SSSR count). The summed E-state index contributed by atoms with van der Waals surface area (Å²) >= 11 is 6.15. The van der Waals surface area contributed by atoms with Crippen molar-refractivity contribution in [1.29, 1.82) is 0 Å². The van der Waals surface area contributed by atoms with Gasteiger partial charge in [-0.05, 0) is 36.8 Å². The van der Waals surface area contributed by atoms with Crippen LogP contribution in [0.1, 0.15) is 18.5 Å². The van der Waals surface area contributed by atoms with Crippen LogP contribution in [0.5, 0.6) is 5.75 Å². The molecule has 0 bridgehead atoms. The van der Waals surface area contributed by atoms with Gasteiger partial charge in [0.2, 0.25) is 5.95 Å². The molecule has 3 aromatic rings. The van der Waals surface area contributed by atoms with Crippen LogP contribution in [0.2, 0.25) is 5.02 Å². The number of rotatable bonds is 6. The Labute approximate surface area is 152 Å². The quantitative estimate of drug-likeness (QED) is 0.648. The number of aromatic nitrogens is 2. The normalized spacial score (nSPS) is 11.6. The van der Waals surface area contributed by atoms with E-state index in [-0.39, 0.29) is 6.04 Å². The summed E-state index contributed by atoms with van der Waals surface area (Å²) in [4.78, 5) is 8.75. The monoisotopic (exact) mass is 354 g/mol. The van der Waals surface area contributed by atoms with E-state index in [0.29, 0.717) is 16.7 Å². The molecule has 2 aromatic carbocycles. The lowest BCUT2D eigenvalue weighted by atomic mass is 10.1. The van der Waals surface area contributed by atoms with Crippen LogP contribution in [0.3, 0.4) is 0 Å². The lowest BCUT2D eigenvalue weighted by Crippen LogP contribution is -2.09. The van der Waals surface area contributed by atoms with E-state index in [1.165, 1.54) is 5.56 Å². The van der Waals surface area contributed by atoms with E-state index in [2.05, 4.69) is 39.7 Å². The highest BCUT2D eigenvalue weighted by Gasteiger charge is 2.07. The van der Waals surface area contributed by atoms with Crippen molar-refractivity contribution in [3.8, 4) is 5.75 Å². The smallest absolute Gasteiger partial charge is 0.229 e. The zero-order chi connectivity index (χ0) is 17.6. The highest BCUT2D eigenvalue weighted by Crippen LogP contribution is 2.28. The Hall–Kier alpha value is -2.79. The summed E-state index contributed by atoms with van der Waals surface area (Å²) in [5, 5.41) is 7.05. The molecule has 6 heteroatoms. The van der Waals surface area contributed by atoms with Crippen LogP contribution >= 0.6 is 11.6 Å². The van der Waals surface area contributed by atoms with Crippen molar-refractivity contribution < 1.29 is 4.74 Å². The maximum Gasteiger partial charge on any atom is 0.229 e. The molecule has 0 saturated heterocycles. The Bertz CT molecular complexity index is 842. The second-order valence-electron chi connectivity index (χ2n) is 5.52. The van der Waals surface area contributed by atoms with Crippen LogP contribution in [-0.4, -0.2) is 17.1 Å². The van der Waals surface area contributed by atoms with E-state index in [1.807, 2.05) is 30.3 Å². The second kappa shape index (κ2) is 7.85. The third-order valence-corrected chi connectivity index (χ3v) is 4.02. The molecule has 1 atom stereocenters. The highest BCUT2D eigenvalue weighted by atomic mass is 35.5. The van der Waals surface area contributed by atoms with Gasteiger partial charge in [-0.25, -0.2) is 4.98 Å². The fourth-order valence-corrected chi connectivity index (χ4v) is 2.68. The van der Waals surface area contributed by atoms with E-state index in [9.17, 15) is 0 Å². The molecular formula is C19H19ClN4O. The van der Waals surface area contributed by atoms with Crippen molar-refractivity contribution in [1.82, 2.24) is 9.97 Å². The van der Waals surface area contributed by atoms with Crippen LogP contribution in [-0.2, 0) is 0 Å². The van der Waals surface area contributed by atoms with Gasteiger partial charge >= 0.3 is 0 Å². The Morgan fingerprint density at radius 1 is 1.08 bits per heavy atom. The number of nitrogens with zero attached hydrogens (tertiary/aromatic N) is 2. The number of hydrogen-bond acceptors (Lipinski definition) is 5. The first-order valence-electron chi connectivity index (χ1n) is 7.91. The van der Waals surface area contributed by atoms with E-state index in [0.717, 1.165) is 11.5 Å². The van der Waals surface area contributed by atoms with Gasteiger partial charge in [0, 0.05) is 17.9 Å². The van der Waals surface area contributed by atoms with Crippen LogP contribution < -0.4 is 15.4 Å². The van der Waals surface area contributed by atoms with Gasteiger partial charge < -0.3 is 15.4 Å². The molecule has 0 spiro atoms. The molecule has 1 heterocycles. The number of methoxy groups -OCH3 is 1.